The molecule has 0 amide bonds. The van der Waals surface area contributed by atoms with Crippen LogP contribution in [0, 0.1) is 5.92 Å². The summed E-state index contributed by atoms with van der Waals surface area (Å²) in [5, 5.41) is 18.1. The Bertz CT molecular complexity index is 149. The first-order valence-electron chi connectivity index (χ1n) is 3.37. The maximum absolute atomic E-state index is 9.20. The molecule has 2 aliphatic heterocycles. The van der Waals surface area contributed by atoms with Crippen molar-refractivity contribution in [3.8, 4) is 0 Å². The van der Waals surface area contributed by atoms with Gasteiger partial charge in [-0.05, 0) is 6.92 Å². The SMILES string of the molecule is CC1OC2OC(O)C(O)C12. The zero-order valence-corrected chi connectivity index (χ0v) is 5.60. The van der Waals surface area contributed by atoms with Gasteiger partial charge in [-0.1, -0.05) is 0 Å². The lowest BCUT2D eigenvalue weighted by Crippen LogP contribution is -2.48. The number of rotatable bonds is 0. The second-order valence-electron chi connectivity index (χ2n) is 2.80. The molecular formula is C6H10O4. The van der Waals surface area contributed by atoms with E-state index in [-0.39, 0.29) is 18.3 Å². The predicted molar refractivity (Wildman–Crippen MR) is 30.9 cm³/mol. The molecule has 0 radical (unpaired) electrons. The van der Waals surface area contributed by atoms with Crippen molar-refractivity contribution in [1.82, 2.24) is 0 Å². The van der Waals surface area contributed by atoms with Crippen molar-refractivity contribution < 1.29 is 19.7 Å². The van der Waals surface area contributed by atoms with Gasteiger partial charge in [0.05, 0.1) is 12.0 Å². The van der Waals surface area contributed by atoms with Crippen molar-refractivity contribution in [1.29, 1.82) is 0 Å². The van der Waals surface area contributed by atoms with Gasteiger partial charge in [0.15, 0.2) is 12.6 Å². The lowest BCUT2D eigenvalue weighted by atomic mass is 9.93. The summed E-state index contributed by atoms with van der Waals surface area (Å²) in [6.07, 6.45) is -2.19. The van der Waals surface area contributed by atoms with Crippen LogP contribution in [0.2, 0.25) is 0 Å². The van der Waals surface area contributed by atoms with Gasteiger partial charge in [0.25, 0.3) is 0 Å². The Kier molecular flexibility index (Phi) is 1.25. The molecule has 2 N–H and O–H groups in total. The summed E-state index contributed by atoms with van der Waals surface area (Å²) >= 11 is 0. The molecule has 58 valence electrons. The van der Waals surface area contributed by atoms with Crippen molar-refractivity contribution in [3.63, 3.8) is 0 Å². The molecule has 2 saturated heterocycles. The molecule has 5 atom stereocenters. The molecule has 0 spiro atoms. The molecule has 10 heavy (non-hydrogen) atoms. The lowest BCUT2D eigenvalue weighted by molar-refractivity contribution is -0.280. The van der Waals surface area contributed by atoms with Crippen molar-refractivity contribution in [3.05, 3.63) is 0 Å². The molecule has 2 heterocycles. The first-order valence-corrected chi connectivity index (χ1v) is 3.37. The van der Waals surface area contributed by atoms with Crippen LogP contribution in [0.5, 0.6) is 0 Å². The van der Waals surface area contributed by atoms with Crippen molar-refractivity contribution in [2.75, 3.05) is 0 Å². The third kappa shape index (κ3) is 0.645. The van der Waals surface area contributed by atoms with Crippen molar-refractivity contribution in [2.24, 2.45) is 5.92 Å². The minimum absolute atomic E-state index is 0.0112. The van der Waals surface area contributed by atoms with Gasteiger partial charge in [-0.25, -0.2) is 0 Å². The van der Waals surface area contributed by atoms with E-state index in [1.807, 2.05) is 6.92 Å². The number of ether oxygens (including phenoxy) is 2. The standard InChI is InChI=1S/C6H10O4/c1-2-3-4(7)5(8)10-6(3)9-2/h2-8H,1H3. The summed E-state index contributed by atoms with van der Waals surface area (Å²) in [7, 11) is 0. The van der Waals surface area contributed by atoms with Gasteiger partial charge in [-0.3, -0.25) is 0 Å². The molecule has 0 aromatic carbocycles. The van der Waals surface area contributed by atoms with Crippen LogP contribution in [0.4, 0.5) is 0 Å². The van der Waals surface area contributed by atoms with Gasteiger partial charge in [0.2, 0.25) is 0 Å². The molecular weight excluding hydrogens is 136 g/mol. The molecule has 2 fully saturated rings. The Morgan fingerprint density at radius 1 is 1.20 bits per heavy atom. The van der Waals surface area contributed by atoms with E-state index in [1.165, 1.54) is 0 Å². The van der Waals surface area contributed by atoms with Gasteiger partial charge < -0.3 is 19.7 Å². The summed E-state index contributed by atoms with van der Waals surface area (Å²) in [6, 6.07) is 0. The van der Waals surface area contributed by atoms with E-state index in [2.05, 4.69) is 0 Å². The van der Waals surface area contributed by atoms with E-state index in [9.17, 15) is 5.11 Å². The molecule has 0 aromatic heterocycles. The molecule has 4 nitrogen and oxygen atoms in total. The summed E-state index contributed by atoms with van der Waals surface area (Å²) in [5.41, 5.74) is 0. The lowest BCUT2D eigenvalue weighted by Gasteiger charge is -2.37. The Morgan fingerprint density at radius 3 is 2.30 bits per heavy atom. The second-order valence-corrected chi connectivity index (χ2v) is 2.80. The molecule has 5 unspecified atom stereocenters. The highest BCUT2D eigenvalue weighted by molar-refractivity contribution is 4.92. The van der Waals surface area contributed by atoms with Crippen LogP contribution in [0.25, 0.3) is 0 Å². The van der Waals surface area contributed by atoms with Crippen LogP contribution < -0.4 is 0 Å². The average molecular weight is 146 g/mol. The number of fused-ring (bicyclic) bond motifs is 1. The molecule has 0 aliphatic carbocycles. The van der Waals surface area contributed by atoms with Crippen LogP contribution in [0.3, 0.4) is 0 Å². The van der Waals surface area contributed by atoms with Crippen molar-refractivity contribution >= 4 is 0 Å². The number of hydrogen-bond acceptors (Lipinski definition) is 4. The zero-order valence-electron chi connectivity index (χ0n) is 5.60. The molecule has 4 heteroatoms. The maximum Gasteiger partial charge on any atom is 0.184 e. The fourth-order valence-electron chi connectivity index (χ4n) is 1.49. The summed E-state index contributed by atoms with van der Waals surface area (Å²) in [4.78, 5) is 0. The topological polar surface area (TPSA) is 58.9 Å². The highest BCUT2D eigenvalue weighted by Gasteiger charge is 2.54. The number of aliphatic hydroxyl groups excluding tert-OH is 2. The molecule has 0 bridgehead atoms. The van der Waals surface area contributed by atoms with Crippen LogP contribution in [0.1, 0.15) is 6.92 Å². The minimum Gasteiger partial charge on any atom is -0.387 e. The van der Waals surface area contributed by atoms with Gasteiger partial charge in [0, 0.05) is 0 Å². The minimum atomic E-state index is -1.06. The van der Waals surface area contributed by atoms with Gasteiger partial charge >= 0.3 is 0 Å². The maximum atomic E-state index is 9.20. The highest BCUT2D eigenvalue weighted by atomic mass is 16.8. The third-order valence-electron chi connectivity index (χ3n) is 2.17. The first kappa shape index (κ1) is 6.54. The number of aliphatic hydroxyl groups is 2. The van der Waals surface area contributed by atoms with E-state index in [1.54, 1.807) is 0 Å². The van der Waals surface area contributed by atoms with Gasteiger partial charge in [0.1, 0.15) is 6.10 Å². The zero-order chi connectivity index (χ0) is 7.30. The highest BCUT2D eigenvalue weighted by Crippen LogP contribution is 2.39. The van der Waals surface area contributed by atoms with E-state index in [0.717, 1.165) is 0 Å². The molecule has 0 saturated carbocycles. The van der Waals surface area contributed by atoms with Crippen LogP contribution in [0.15, 0.2) is 0 Å². The van der Waals surface area contributed by atoms with E-state index in [0.29, 0.717) is 0 Å². The largest absolute Gasteiger partial charge is 0.387 e. The van der Waals surface area contributed by atoms with Crippen LogP contribution >= 0.6 is 0 Å². The fraction of sp³-hybridized carbons (Fsp3) is 1.00. The predicted octanol–water partition coefficient (Wildman–Crippen LogP) is -0.943. The second kappa shape index (κ2) is 1.92. The summed E-state index contributed by atoms with van der Waals surface area (Å²) in [6.45, 7) is 1.85. The quantitative estimate of drug-likeness (QED) is 0.463. The fourth-order valence-corrected chi connectivity index (χ4v) is 1.49. The third-order valence-corrected chi connectivity index (χ3v) is 2.17. The van der Waals surface area contributed by atoms with E-state index >= 15 is 0 Å². The smallest absolute Gasteiger partial charge is 0.184 e. The van der Waals surface area contributed by atoms with Gasteiger partial charge in [-0.2, -0.15) is 0 Å². The Labute approximate surface area is 58.4 Å². The molecule has 0 aromatic rings. The van der Waals surface area contributed by atoms with Crippen LogP contribution in [-0.2, 0) is 9.47 Å². The monoisotopic (exact) mass is 146 g/mol. The molecule has 2 rings (SSSR count). The van der Waals surface area contributed by atoms with E-state index < -0.39 is 12.4 Å². The first-order chi connectivity index (χ1) is 4.70. The Hall–Kier alpha value is -0.160. The summed E-state index contributed by atoms with van der Waals surface area (Å²) in [5.74, 6) is -0.0324. The summed E-state index contributed by atoms with van der Waals surface area (Å²) < 4.78 is 9.89. The molecule has 2 aliphatic rings. The van der Waals surface area contributed by atoms with Gasteiger partial charge in [-0.15, -0.1) is 0 Å². The Morgan fingerprint density at radius 2 is 1.90 bits per heavy atom. The van der Waals surface area contributed by atoms with Crippen molar-refractivity contribution in [2.45, 2.75) is 31.7 Å². The number of hydrogen-bond donors (Lipinski definition) is 2. The average Bonchev–Trinajstić information content (AvgIpc) is 2.05. The van der Waals surface area contributed by atoms with E-state index in [4.69, 9.17) is 14.6 Å². The normalized spacial score (nSPS) is 59.7. The van der Waals surface area contributed by atoms with Crippen LogP contribution in [-0.4, -0.2) is 35.0 Å². The Balaban J connectivity index is 2.08.